The maximum atomic E-state index is 13.1. The second kappa shape index (κ2) is 8.38. The summed E-state index contributed by atoms with van der Waals surface area (Å²) in [7, 11) is -7.25. The van der Waals surface area contributed by atoms with Crippen molar-refractivity contribution < 1.29 is 26.4 Å². The van der Waals surface area contributed by atoms with Crippen molar-refractivity contribution >= 4 is 31.6 Å². The molecule has 2 aliphatic heterocycles. The molecule has 1 unspecified atom stereocenters. The van der Waals surface area contributed by atoms with Gasteiger partial charge in [0.2, 0.25) is 20.0 Å². The summed E-state index contributed by atoms with van der Waals surface area (Å²) >= 11 is 0. The average Bonchev–Trinajstić information content (AvgIpc) is 2.78. The lowest BCUT2D eigenvalue weighted by atomic mass is 10.1. The molecule has 2 aromatic carbocycles. The summed E-state index contributed by atoms with van der Waals surface area (Å²) in [6.07, 6.45) is 0.0938. The number of fused-ring (bicyclic) bond motifs is 1. The third-order valence-corrected chi connectivity index (χ3v) is 8.65. The number of benzene rings is 2. The van der Waals surface area contributed by atoms with Gasteiger partial charge < -0.3 is 9.64 Å². The van der Waals surface area contributed by atoms with Crippen molar-refractivity contribution in [2.45, 2.75) is 17.9 Å². The molecule has 0 saturated carbocycles. The molecule has 0 radical (unpaired) electrons. The smallest absolute Gasteiger partial charge is 0.265 e. The van der Waals surface area contributed by atoms with Crippen molar-refractivity contribution in [3.8, 4) is 5.75 Å². The average molecular weight is 480 g/mol. The van der Waals surface area contributed by atoms with Gasteiger partial charge >= 0.3 is 0 Å². The molecule has 172 valence electrons. The Kier molecular flexibility index (Phi) is 5.91. The molecular formula is C21H25N3O6S2. The number of aryl methyl sites for hydroxylation is 1. The standard InChI is InChI=1S/C21H25N3O6S2/c1-16-8-9-19-18(14-16)24(31(2,26)27)15-20(30-19)21(25)22-10-12-23(13-11-22)32(28,29)17-6-4-3-5-7-17/h3-9,14,20H,10-13,15H2,1-2H3. The van der Waals surface area contributed by atoms with E-state index in [-0.39, 0.29) is 43.5 Å². The maximum Gasteiger partial charge on any atom is 0.265 e. The van der Waals surface area contributed by atoms with Gasteiger partial charge in [0.05, 0.1) is 23.4 Å². The summed E-state index contributed by atoms with van der Waals surface area (Å²) < 4.78 is 58.8. The SMILES string of the molecule is Cc1ccc2c(c1)N(S(C)(=O)=O)CC(C(=O)N1CCN(S(=O)(=O)c3ccccc3)CC1)O2. The lowest BCUT2D eigenvalue weighted by Gasteiger charge is -2.39. The van der Waals surface area contributed by atoms with E-state index < -0.39 is 26.2 Å². The van der Waals surface area contributed by atoms with Crippen LogP contribution in [0.25, 0.3) is 0 Å². The van der Waals surface area contributed by atoms with Crippen molar-refractivity contribution in [3.05, 3.63) is 54.1 Å². The number of sulfonamides is 2. The van der Waals surface area contributed by atoms with Gasteiger partial charge in [0.25, 0.3) is 5.91 Å². The van der Waals surface area contributed by atoms with Gasteiger partial charge in [0.1, 0.15) is 5.75 Å². The molecule has 0 aromatic heterocycles. The van der Waals surface area contributed by atoms with Crippen molar-refractivity contribution in [1.82, 2.24) is 9.21 Å². The van der Waals surface area contributed by atoms with Gasteiger partial charge in [-0.3, -0.25) is 9.10 Å². The molecule has 1 fully saturated rings. The molecule has 0 bridgehead atoms. The highest BCUT2D eigenvalue weighted by Gasteiger charge is 2.39. The maximum absolute atomic E-state index is 13.1. The van der Waals surface area contributed by atoms with E-state index in [1.165, 1.54) is 13.5 Å². The molecule has 2 heterocycles. The minimum absolute atomic E-state index is 0.128. The van der Waals surface area contributed by atoms with Crippen LogP contribution in [0.2, 0.25) is 0 Å². The van der Waals surface area contributed by atoms with E-state index in [9.17, 15) is 21.6 Å². The van der Waals surface area contributed by atoms with Gasteiger partial charge in [-0.05, 0) is 36.8 Å². The first kappa shape index (κ1) is 22.6. The highest BCUT2D eigenvalue weighted by molar-refractivity contribution is 7.92. The fourth-order valence-corrected chi connectivity index (χ4v) is 6.25. The monoisotopic (exact) mass is 479 g/mol. The van der Waals surface area contributed by atoms with Gasteiger partial charge in [-0.2, -0.15) is 4.31 Å². The Hall–Kier alpha value is -2.63. The first-order valence-corrected chi connectivity index (χ1v) is 13.5. The van der Waals surface area contributed by atoms with E-state index in [1.807, 2.05) is 6.92 Å². The highest BCUT2D eigenvalue weighted by atomic mass is 32.2. The number of piperazine rings is 1. The predicted octanol–water partition coefficient (Wildman–Crippen LogP) is 1.06. The first-order valence-electron chi connectivity index (χ1n) is 10.2. The largest absolute Gasteiger partial charge is 0.476 e. The molecule has 1 amide bonds. The Balaban J connectivity index is 1.48. The van der Waals surface area contributed by atoms with Crippen LogP contribution in [0.15, 0.2) is 53.4 Å². The fraction of sp³-hybridized carbons (Fsp3) is 0.381. The fourth-order valence-electron chi connectivity index (χ4n) is 3.90. The molecule has 2 aliphatic rings. The first-order chi connectivity index (χ1) is 15.1. The molecule has 0 N–H and O–H groups in total. The van der Waals surface area contributed by atoms with Crippen molar-refractivity contribution in [2.75, 3.05) is 43.3 Å². The Morgan fingerprint density at radius 3 is 2.25 bits per heavy atom. The van der Waals surface area contributed by atoms with Crippen LogP contribution in [0.3, 0.4) is 0 Å². The summed E-state index contributed by atoms with van der Waals surface area (Å²) in [5.41, 5.74) is 1.29. The Labute approximate surface area is 188 Å². The number of carbonyl (C=O) groups is 1. The molecule has 9 nitrogen and oxygen atoms in total. The van der Waals surface area contributed by atoms with Crippen LogP contribution >= 0.6 is 0 Å². The van der Waals surface area contributed by atoms with E-state index in [2.05, 4.69) is 0 Å². The molecule has 0 spiro atoms. The number of ether oxygens (including phenoxy) is 1. The molecule has 0 aliphatic carbocycles. The number of carbonyl (C=O) groups excluding carboxylic acids is 1. The molecular weight excluding hydrogens is 454 g/mol. The quantitative estimate of drug-likeness (QED) is 0.649. The Morgan fingerprint density at radius 1 is 0.969 bits per heavy atom. The number of rotatable bonds is 4. The molecule has 2 aromatic rings. The van der Waals surface area contributed by atoms with Crippen LogP contribution in [0, 0.1) is 6.92 Å². The number of hydrogen-bond acceptors (Lipinski definition) is 6. The van der Waals surface area contributed by atoms with E-state index in [1.54, 1.807) is 48.5 Å². The van der Waals surface area contributed by atoms with E-state index in [0.717, 1.165) is 11.8 Å². The summed E-state index contributed by atoms with van der Waals surface area (Å²) in [5, 5.41) is 0. The molecule has 4 rings (SSSR count). The third kappa shape index (κ3) is 4.32. The summed E-state index contributed by atoms with van der Waals surface area (Å²) in [6, 6.07) is 13.3. The summed E-state index contributed by atoms with van der Waals surface area (Å²) in [5.74, 6) is -0.0300. The summed E-state index contributed by atoms with van der Waals surface area (Å²) in [6.45, 7) is 2.43. The van der Waals surface area contributed by atoms with E-state index in [0.29, 0.717) is 11.4 Å². The van der Waals surface area contributed by atoms with Gasteiger partial charge in [0, 0.05) is 26.2 Å². The lowest BCUT2D eigenvalue weighted by Crippen LogP contribution is -2.56. The van der Waals surface area contributed by atoms with Crippen LogP contribution in [-0.2, 0) is 24.8 Å². The second-order valence-corrected chi connectivity index (χ2v) is 11.8. The van der Waals surface area contributed by atoms with Crippen LogP contribution < -0.4 is 9.04 Å². The van der Waals surface area contributed by atoms with E-state index in [4.69, 9.17) is 4.74 Å². The van der Waals surface area contributed by atoms with Crippen LogP contribution in [0.5, 0.6) is 5.75 Å². The van der Waals surface area contributed by atoms with Gasteiger partial charge in [-0.1, -0.05) is 24.3 Å². The number of amides is 1. The molecule has 32 heavy (non-hydrogen) atoms. The Morgan fingerprint density at radius 2 is 1.62 bits per heavy atom. The van der Waals surface area contributed by atoms with Crippen molar-refractivity contribution in [1.29, 1.82) is 0 Å². The molecule has 1 saturated heterocycles. The molecule has 11 heteroatoms. The summed E-state index contributed by atoms with van der Waals surface area (Å²) in [4.78, 5) is 14.9. The van der Waals surface area contributed by atoms with Gasteiger partial charge in [-0.15, -0.1) is 0 Å². The Bertz CT molecular complexity index is 1220. The van der Waals surface area contributed by atoms with E-state index >= 15 is 0 Å². The predicted molar refractivity (Wildman–Crippen MR) is 120 cm³/mol. The second-order valence-electron chi connectivity index (χ2n) is 7.91. The number of nitrogens with zero attached hydrogens (tertiary/aromatic N) is 3. The van der Waals surface area contributed by atoms with Gasteiger partial charge in [-0.25, -0.2) is 16.8 Å². The third-order valence-electron chi connectivity index (χ3n) is 5.59. The lowest BCUT2D eigenvalue weighted by molar-refractivity contribution is -0.139. The molecule has 1 atom stereocenters. The van der Waals surface area contributed by atoms with Crippen LogP contribution in [0.4, 0.5) is 5.69 Å². The zero-order chi connectivity index (χ0) is 23.1. The van der Waals surface area contributed by atoms with Gasteiger partial charge in [0.15, 0.2) is 6.10 Å². The number of anilines is 1. The minimum atomic E-state index is -3.63. The zero-order valence-corrected chi connectivity index (χ0v) is 19.5. The highest BCUT2D eigenvalue weighted by Crippen LogP contribution is 2.36. The number of hydrogen-bond donors (Lipinski definition) is 0. The zero-order valence-electron chi connectivity index (χ0n) is 17.8. The van der Waals surface area contributed by atoms with Crippen molar-refractivity contribution in [2.24, 2.45) is 0 Å². The van der Waals surface area contributed by atoms with Crippen molar-refractivity contribution in [3.63, 3.8) is 0 Å². The topological polar surface area (TPSA) is 104 Å². The van der Waals surface area contributed by atoms with Crippen LogP contribution in [-0.4, -0.2) is 77.0 Å². The van der Waals surface area contributed by atoms with Crippen LogP contribution in [0.1, 0.15) is 5.56 Å². The normalized spacial score (nSPS) is 19.9. The minimum Gasteiger partial charge on any atom is -0.476 e.